The molecule has 4 rings (SSSR count). The van der Waals surface area contributed by atoms with E-state index in [2.05, 4.69) is 24.0 Å². The summed E-state index contributed by atoms with van der Waals surface area (Å²) < 4.78 is 7.66. The van der Waals surface area contributed by atoms with E-state index in [1.807, 2.05) is 60.7 Å². The third-order valence-corrected chi connectivity index (χ3v) is 4.76. The van der Waals surface area contributed by atoms with Crippen LogP contribution in [0.25, 0.3) is 22.4 Å². The van der Waals surface area contributed by atoms with Crippen LogP contribution in [0.5, 0.6) is 11.5 Å². The highest BCUT2D eigenvalue weighted by atomic mass is 16.5. The number of fused-ring (bicyclic) bond motifs is 1. The van der Waals surface area contributed by atoms with Crippen LogP contribution in [0, 0.1) is 0 Å². The molecule has 0 unspecified atom stereocenters. The minimum Gasteiger partial charge on any atom is -0.480 e. The Morgan fingerprint density at radius 3 is 2.28 bits per heavy atom. The average molecular weight is 386 g/mol. The van der Waals surface area contributed by atoms with Crippen LogP contribution in [-0.2, 0) is 17.8 Å². The van der Waals surface area contributed by atoms with E-state index in [0.717, 1.165) is 40.9 Å². The first kappa shape index (κ1) is 18.7. The molecule has 0 radical (unpaired) electrons. The van der Waals surface area contributed by atoms with Crippen molar-refractivity contribution in [1.29, 1.82) is 0 Å². The van der Waals surface area contributed by atoms with E-state index in [1.54, 1.807) is 4.57 Å². The molecule has 3 aromatic carbocycles. The number of aryl methyl sites for hydroxylation is 1. The molecule has 29 heavy (non-hydrogen) atoms. The first-order valence-corrected chi connectivity index (χ1v) is 9.68. The maximum absolute atomic E-state index is 11.3. The summed E-state index contributed by atoms with van der Waals surface area (Å²) in [5.41, 5.74) is 3.72. The van der Waals surface area contributed by atoms with E-state index in [1.165, 1.54) is 5.56 Å². The Bertz CT molecular complexity index is 1130. The predicted octanol–water partition coefficient (Wildman–Crippen LogP) is 5.53. The van der Waals surface area contributed by atoms with Crippen LogP contribution >= 0.6 is 0 Å². The van der Waals surface area contributed by atoms with Crippen molar-refractivity contribution in [3.05, 3.63) is 78.4 Å². The molecule has 0 atom stereocenters. The highest BCUT2D eigenvalue weighted by molar-refractivity contribution is 5.82. The van der Waals surface area contributed by atoms with Crippen molar-refractivity contribution >= 4 is 17.0 Å². The second-order valence-corrected chi connectivity index (χ2v) is 6.92. The van der Waals surface area contributed by atoms with Gasteiger partial charge in [0.1, 0.15) is 23.9 Å². The van der Waals surface area contributed by atoms with Crippen molar-refractivity contribution < 1.29 is 14.6 Å². The van der Waals surface area contributed by atoms with Gasteiger partial charge in [0.15, 0.2) is 0 Å². The summed E-state index contributed by atoms with van der Waals surface area (Å²) in [7, 11) is 0. The molecule has 0 bridgehead atoms. The van der Waals surface area contributed by atoms with Crippen molar-refractivity contribution in [3.63, 3.8) is 0 Å². The van der Waals surface area contributed by atoms with Crippen LogP contribution in [-0.4, -0.2) is 20.6 Å². The zero-order valence-electron chi connectivity index (χ0n) is 16.2. The van der Waals surface area contributed by atoms with Gasteiger partial charge in [-0.25, -0.2) is 4.98 Å². The zero-order chi connectivity index (χ0) is 20.2. The smallest absolute Gasteiger partial charge is 0.323 e. The van der Waals surface area contributed by atoms with Crippen LogP contribution in [0.15, 0.2) is 72.8 Å². The number of carbonyl (C=O) groups is 1. The second-order valence-electron chi connectivity index (χ2n) is 6.92. The number of benzene rings is 3. The Balaban J connectivity index is 1.60. The molecule has 146 valence electrons. The number of ether oxygens (including phenoxy) is 1. The van der Waals surface area contributed by atoms with E-state index in [-0.39, 0.29) is 6.54 Å². The molecule has 5 heteroatoms. The van der Waals surface area contributed by atoms with Crippen molar-refractivity contribution in [3.8, 4) is 22.9 Å². The molecular formula is C24H22N2O3. The Morgan fingerprint density at radius 2 is 1.62 bits per heavy atom. The van der Waals surface area contributed by atoms with Crippen molar-refractivity contribution in [2.24, 2.45) is 0 Å². The van der Waals surface area contributed by atoms with Crippen molar-refractivity contribution in [2.75, 3.05) is 0 Å². The number of nitrogens with zero attached hydrogens (tertiary/aromatic N) is 2. The number of hydrogen-bond acceptors (Lipinski definition) is 3. The van der Waals surface area contributed by atoms with Crippen LogP contribution in [0.1, 0.15) is 18.9 Å². The number of carboxylic acids is 1. The Labute approximate surface area is 169 Å². The normalized spacial score (nSPS) is 10.9. The van der Waals surface area contributed by atoms with Crippen LogP contribution in [0.3, 0.4) is 0 Å². The van der Waals surface area contributed by atoms with E-state index in [0.29, 0.717) is 5.82 Å². The van der Waals surface area contributed by atoms with Gasteiger partial charge in [0.2, 0.25) is 0 Å². The van der Waals surface area contributed by atoms with Gasteiger partial charge in [-0.3, -0.25) is 4.79 Å². The molecule has 0 amide bonds. The molecule has 4 aromatic rings. The molecule has 0 spiro atoms. The van der Waals surface area contributed by atoms with Crippen molar-refractivity contribution in [2.45, 2.75) is 26.3 Å². The number of hydrogen-bond donors (Lipinski definition) is 1. The summed E-state index contributed by atoms with van der Waals surface area (Å²) >= 11 is 0. The summed E-state index contributed by atoms with van der Waals surface area (Å²) in [4.78, 5) is 16.0. The summed E-state index contributed by atoms with van der Waals surface area (Å²) in [6.07, 6.45) is 2.18. The van der Waals surface area contributed by atoms with E-state index >= 15 is 0 Å². The summed E-state index contributed by atoms with van der Waals surface area (Å²) in [5.74, 6) is 1.23. The molecular weight excluding hydrogens is 364 g/mol. The van der Waals surface area contributed by atoms with E-state index in [4.69, 9.17) is 4.74 Å². The van der Waals surface area contributed by atoms with Gasteiger partial charge in [-0.2, -0.15) is 0 Å². The summed E-state index contributed by atoms with van der Waals surface area (Å²) in [6.45, 7) is 2.02. The first-order chi connectivity index (χ1) is 14.1. The third-order valence-electron chi connectivity index (χ3n) is 4.76. The topological polar surface area (TPSA) is 64.4 Å². The average Bonchev–Trinajstić information content (AvgIpc) is 3.08. The molecule has 0 fully saturated rings. The van der Waals surface area contributed by atoms with Gasteiger partial charge in [-0.1, -0.05) is 37.6 Å². The summed E-state index contributed by atoms with van der Waals surface area (Å²) in [6, 6.07) is 23.2. The lowest BCUT2D eigenvalue weighted by Gasteiger charge is -2.09. The number of aliphatic carboxylic acids is 1. The van der Waals surface area contributed by atoms with E-state index < -0.39 is 5.97 Å². The van der Waals surface area contributed by atoms with Crippen LogP contribution in [0.2, 0.25) is 0 Å². The largest absolute Gasteiger partial charge is 0.480 e. The van der Waals surface area contributed by atoms with Gasteiger partial charge in [0.05, 0.1) is 11.0 Å². The number of rotatable bonds is 7. The van der Waals surface area contributed by atoms with Crippen LogP contribution < -0.4 is 4.74 Å². The maximum atomic E-state index is 11.3. The fourth-order valence-corrected chi connectivity index (χ4v) is 3.41. The highest BCUT2D eigenvalue weighted by Crippen LogP contribution is 2.28. The Hall–Kier alpha value is -3.60. The Kier molecular flexibility index (Phi) is 5.29. The Morgan fingerprint density at radius 1 is 0.966 bits per heavy atom. The summed E-state index contributed by atoms with van der Waals surface area (Å²) in [5, 5.41) is 9.31. The van der Waals surface area contributed by atoms with Gasteiger partial charge in [0, 0.05) is 5.56 Å². The standard InChI is InChI=1S/C24H22N2O3/c1-2-5-17-8-12-19(13-9-17)29-20-14-10-18(11-15-20)24-25-21-6-3-4-7-22(21)26(24)16-23(27)28/h3-4,6-15H,2,5,16H2,1H3,(H,27,28). The lowest BCUT2D eigenvalue weighted by Crippen LogP contribution is -2.09. The highest BCUT2D eigenvalue weighted by Gasteiger charge is 2.14. The molecule has 0 aliphatic heterocycles. The minimum atomic E-state index is -0.902. The number of carboxylic acid groups (broad SMARTS) is 1. The maximum Gasteiger partial charge on any atom is 0.323 e. The molecule has 0 aliphatic carbocycles. The van der Waals surface area contributed by atoms with Gasteiger partial charge >= 0.3 is 5.97 Å². The molecule has 0 saturated heterocycles. The number of para-hydroxylation sites is 2. The fraction of sp³-hybridized carbons (Fsp3) is 0.167. The molecule has 5 nitrogen and oxygen atoms in total. The molecule has 1 heterocycles. The fourth-order valence-electron chi connectivity index (χ4n) is 3.41. The van der Waals surface area contributed by atoms with Crippen molar-refractivity contribution in [1.82, 2.24) is 9.55 Å². The van der Waals surface area contributed by atoms with Gasteiger partial charge in [0.25, 0.3) is 0 Å². The second kappa shape index (κ2) is 8.19. The number of aromatic nitrogens is 2. The molecule has 1 aromatic heterocycles. The minimum absolute atomic E-state index is 0.141. The van der Waals surface area contributed by atoms with Gasteiger partial charge in [-0.05, 0) is 60.5 Å². The zero-order valence-corrected chi connectivity index (χ0v) is 16.2. The lowest BCUT2D eigenvalue weighted by molar-refractivity contribution is -0.137. The molecule has 1 N–H and O–H groups in total. The molecule has 0 saturated carbocycles. The lowest BCUT2D eigenvalue weighted by atomic mass is 10.1. The monoisotopic (exact) mass is 386 g/mol. The van der Waals surface area contributed by atoms with Gasteiger partial charge in [-0.15, -0.1) is 0 Å². The quantitative estimate of drug-likeness (QED) is 0.453. The molecule has 0 aliphatic rings. The third kappa shape index (κ3) is 4.14. The SMILES string of the molecule is CCCc1ccc(Oc2ccc(-c3nc4ccccc4n3CC(=O)O)cc2)cc1. The number of imidazole rings is 1. The van der Waals surface area contributed by atoms with Gasteiger partial charge < -0.3 is 14.4 Å². The predicted molar refractivity (Wildman–Crippen MR) is 113 cm³/mol. The van der Waals surface area contributed by atoms with Crippen LogP contribution in [0.4, 0.5) is 0 Å². The first-order valence-electron chi connectivity index (χ1n) is 9.68. The van der Waals surface area contributed by atoms with E-state index in [9.17, 15) is 9.90 Å².